The van der Waals surface area contributed by atoms with Crippen LogP contribution >= 0.6 is 11.6 Å². The Bertz CT molecular complexity index is 520. The molecule has 0 amide bonds. The molecule has 1 unspecified atom stereocenters. The summed E-state index contributed by atoms with van der Waals surface area (Å²) in [6.45, 7) is 3.81. The number of nitrogens with two attached hydrogens (primary N) is 1. The number of sulfonamides is 1. The van der Waals surface area contributed by atoms with Crippen molar-refractivity contribution >= 4 is 21.6 Å². The Morgan fingerprint density at radius 1 is 1.44 bits per heavy atom. The first kappa shape index (κ1) is 15.4. The van der Waals surface area contributed by atoms with Gasteiger partial charge in [-0.25, -0.2) is 17.5 Å². The van der Waals surface area contributed by atoms with Crippen molar-refractivity contribution in [3.63, 3.8) is 0 Å². The number of hydrogen-bond donors (Lipinski definition) is 2. The van der Waals surface area contributed by atoms with Crippen LogP contribution in [0.3, 0.4) is 0 Å². The van der Waals surface area contributed by atoms with Crippen molar-refractivity contribution in [3.8, 4) is 0 Å². The summed E-state index contributed by atoms with van der Waals surface area (Å²) in [4.78, 5) is -0.425. The van der Waals surface area contributed by atoms with Crippen LogP contribution in [-0.2, 0) is 10.0 Å². The summed E-state index contributed by atoms with van der Waals surface area (Å²) < 4.78 is 39.9. The van der Waals surface area contributed by atoms with Gasteiger partial charge in [0, 0.05) is 17.6 Å². The van der Waals surface area contributed by atoms with Gasteiger partial charge in [-0.3, -0.25) is 0 Å². The molecule has 0 aliphatic heterocycles. The van der Waals surface area contributed by atoms with E-state index in [0.717, 1.165) is 12.1 Å². The monoisotopic (exact) mass is 294 g/mol. The summed E-state index contributed by atoms with van der Waals surface area (Å²) >= 11 is 5.58. The molecule has 0 radical (unpaired) electrons. The second-order valence-corrected chi connectivity index (χ2v) is 6.40. The summed E-state index contributed by atoms with van der Waals surface area (Å²) in [7, 11) is -3.93. The van der Waals surface area contributed by atoms with Gasteiger partial charge in [-0.1, -0.05) is 25.4 Å². The molecule has 0 spiro atoms. The van der Waals surface area contributed by atoms with Crippen LogP contribution in [0.25, 0.3) is 0 Å². The average Bonchev–Trinajstić information content (AvgIpc) is 2.24. The van der Waals surface area contributed by atoms with Gasteiger partial charge in [-0.05, 0) is 24.1 Å². The molecule has 4 nitrogen and oxygen atoms in total. The van der Waals surface area contributed by atoms with Crippen LogP contribution in [0, 0.1) is 11.7 Å². The normalized spacial score (nSPS) is 13.9. The van der Waals surface area contributed by atoms with Crippen LogP contribution in [-0.4, -0.2) is 21.0 Å². The third-order valence-electron chi connectivity index (χ3n) is 2.55. The minimum atomic E-state index is -3.93. The van der Waals surface area contributed by atoms with Crippen LogP contribution in [0.2, 0.25) is 5.02 Å². The number of nitrogens with one attached hydrogen (secondary N) is 1. The summed E-state index contributed by atoms with van der Waals surface area (Å²) in [5, 5.41) is 0.144. The smallest absolute Gasteiger partial charge is 0.243 e. The van der Waals surface area contributed by atoms with E-state index in [4.69, 9.17) is 17.3 Å². The summed E-state index contributed by atoms with van der Waals surface area (Å²) in [5.74, 6) is -0.866. The molecule has 0 saturated carbocycles. The highest BCUT2D eigenvalue weighted by Gasteiger charge is 2.24. The first-order valence-electron chi connectivity index (χ1n) is 5.45. The van der Waals surface area contributed by atoms with E-state index in [2.05, 4.69) is 4.72 Å². The van der Waals surface area contributed by atoms with Crippen molar-refractivity contribution in [1.29, 1.82) is 0 Å². The maximum atomic E-state index is 13.6. The van der Waals surface area contributed by atoms with Gasteiger partial charge in [0.25, 0.3) is 0 Å². The molecule has 0 heterocycles. The summed E-state index contributed by atoms with van der Waals surface area (Å²) in [5.41, 5.74) is 5.48. The minimum Gasteiger partial charge on any atom is -0.329 e. The largest absolute Gasteiger partial charge is 0.329 e. The fourth-order valence-electron chi connectivity index (χ4n) is 1.41. The van der Waals surface area contributed by atoms with E-state index in [1.807, 2.05) is 13.8 Å². The Labute approximate surface area is 111 Å². The lowest BCUT2D eigenvalue weighted by molar-refractivity contribution is 0.452. The first-order chi connectivity index (χ1) is 8.27. The highest BCUT2D eigenvalue weighted by atomic mass is 35.5. The highest BCUT2D eigenvalue weighted by molar-refractivity contribution is 7.89. The Hall–Kier alpha value is -0.690. The molecule has 102 valence electrons. The van der Waals surface area contributed by atoms with Crippen molar-refractivity contribution < 1.29 is 12.8 Å². The van der Waals surface area contributed by atoms with Crippen LogP contribution in [0.1, 0.15) is 13.8 Å². The van der Waals surface area contributed by atoms with Gasteiger partial charge in [0.15, 0.2) is 0 Å². The molecule has 3 N–H and O–H groups in total. The SMILES string of the molecule is CC(C)C(CN)NS(=O)(=O)c1ccc(Cl)cc1F. The van der Waals surface area contributed by atoms with Crippen LogP contribution in [0.4, 0.5) is 4.39 Å². The number of halogens is 2. The van der Waals surface area contributed by atoms with E-state index in [9.17, 15) is 12.8 Å². The molecule has 1 aromatic carbocycles. The zero-order valence-electron chi connectivity index (χ0n) is 10.2. The topological polar surface area (TPSA) is 72.2 Å². The summed E-state index contributed by atoms with van der Waals surface area (Å²) in [6.07, 6.45) is 0. The molecule has 1 aromatic rings. The fraction of sp³-hybridized carbons (Fsp3) is 0.455. The Kier molecular flexibility index (Phi) is 5.10. The predicted molar refractivity (Wildman–Crippen MR) is 69.4 cm³/mol. The fourth-order valence-corrected chi connectivity index (χ4v) is 3.03. The maximum absolute atomic E-state index is 13.6. The molecule has 0 bridgehead atoms. The molecule has 1 rings (SSSR count). The van der Waals surface area contributed by atoms with Crippen molar-refractivity contribution in [2.75, 3.05) is 6.54 Å². The van der Waals surface area contributed by atoms with E-state index in [1.165, 1.54) is 6.07 Å². The molecular formula is C11H16ClFN2O2S. The Balaban J connectivity index is 3.06. The standard InChI is InChI=1S/C11H16ClFN2O2S/c1-7(2)10(6-14)15-18(16,17)11-4-3-8(12)5-9(11)13/h3-5,7,10,15H,6,14H2,1-2H3. The molecule has 7 heteroatoms. The van der Waals surface area contributed by atoms with Gasteiger partial charge < -0.3 is 5.73 Å². The number of hydrogen-bond acceptors (Lipinski definition) is 3. The van der Waals surface area contributed by atoms with E-state index < -0.39 is 26.8 Å². The predicted octanol–water partition coefficient (Wildman–Crippen LogP) is 1.74. The van der Waals surface area contributed by atoms with E-state index >= 15 is 0 Å². The molecular weight excluding hydrogens is 279 g/mol. The zero-order chi connectivity index (χ0) is 13.9. The lowest BCUT2D eigenvalue weighted by atomic mass is 10.1. The Morgan fingerprint density at radius 2 is 2.06 bits per heavy atom. The van der Waals surface area contributed by atoms with Gasteiger partial charge in [0.1, 0.15) is 10.7 Å². The molecule has 18 heavy (non-hydrogen) atoms. The molecule has 0 aliphatic rings. The average molecular weight is 295 g/mol. The van der Waals surface area contributed by atoms with Crippen molar-refractivity contribution in [2.45, 2.75) is 24.8 Å². The molecule has 0 aromatic heterocycles. The molecule has 0 aliphatic carbocycles. The quantitative estimate of drug-likeness (QED) is 0.869. The van der Waals surface area contributed by atoms with Gasteiger partial charge in [0.05, 0.1) is 0 Å². The van der Waals surface area contributed by atoms with E-state index in [0.29, 0.717) is 0 Å². The highest BCUT2D eigenvalue weighted by Crippen LogP contribution is 2.19. The van der Waals surface area contributed by atoms with Gasteiger partial charge in [0.2, 0.25) is 10.0 Å². The van der Waals surface area contributed by atoms with Crippen LogP contribution in [0.15, 0.2) is 23.1 Å². The van der Waals surface area contributed by atoms with Gasteiger partial charge in [-0.2, -0.15) is 0 Å². The van der Waals surface area contributed by atoms with E-state index in [-0.39, 0.29) is 17.5 Å². The van der Waals surface area contributed by atoms with Gasteiger partial charge >= 0.3 is 0 Å². The zero-order valence-corrected chi connectivity index (χ0v) is 11.7. The summed E-state index contributed by atoms with van der Waals surface area (Å²) in [6, 6.07) is 2.98. The van der Waals surface area contributed by atoms with Crippen molar-refractivity contribution in [2.24, 2.45) is 11.7 Å². The minimum absolute atomic E-state index is 0.0140. The van der Waals surface area contributed by atoms with Gasteiger partial charge in [-0.15, -0.1) is 0 Å². The lowest BCUT2D eigenvalue weighted by Crippen LogP contribution is -2.43. The second-order valence-electron chi connectivity index (χ2n) is 4.28. The first-order valence-corrected chi connectivity index (χ1v) is 7.31. The maximum Gasteiger partial charge on any atom is 0.243 e. The molecule has 0 fully saturated rings. The van der Waals surface area contributed by atoms with E-state index in [1.54, 1.807) is 0 Å². The molecule has 0 saturated heterocycles. The number of benzene rings is 1. The third-order valence-corrected chi connectivity index (χ3v) is 4.31. The third kappa shape index (κ3) is 3.65. The molecule has 1 atom stereocenters. The lowest BCUT2D eigenvalue weighted by Gasteiger charge is -2.20. The van der Waals surface area contributed by atoms with Crippen molar-refractivity contribution in [1.82, 2.24) is 4.72 Å². The number of rotatable bonds is 5. The second kappa shape index (κ2) is 5.97. The van der Waals surface area contributed by atoms with Crippen LogP contribution in [0.5, 0.6) is 0 Å². The van der Waals surface area contributed by atoms with Crippen molar-refractivity contribution in [3.05, 3.63) is 29.0 Å². The van der Waals surface area contributed by atoms with Crippen LogP contribution < -0.4 is 10.5 Å². The Morgan fingerprint density at radius 3 is 2.50 bits per heavy atom.